The predicted octanol–water partition coefficient (Wildman–Crippen LogP) is 2.16. The molecule has 0 spiro atoms. The molecule has 1 saturated heterocycles. The molecule has 2 heterocycles. The van der Waals surface area contributed by atoms with Gasteiger partial charge < -0.3 is 9.91 Å². The van der Waals surface area contributed by atoms with Gasteiger partial charge in [-0.05, 0) is 48.9 Å². The van der Waals surface area contributed by atoms with E-state index in [2.05, 4.69) is 30.0 Å². The number of benzene rings is 1. The third-order valence-corrected chi connectivity index (χ3v) is 4.02. The lowest BCUT2D eigenvalue weighted by Gasteiger charge is -2.33. The summed E-state index contributed by atoms with van der Waals surface area (Å²) in [6.45, 7) is 5.71. The van der Waals surface area contributed by atoms with Crippen LogP contribution in [0.3, 0.4) is 0 Å². The van der Waals surface area contributed by atoms with Gasteiger partial charge in [0.2, 0.25) is 0 Å². The molecule has 1 unspecified atom stereocenters. The first-order valence-corrected chi connectivity index (χ1v) is 6.64. The van der Waals surface area contributed by atoms with E-state index in [-0.39, 0.29) is 0 Å². The minimum atomic E-state index is 0.822. The molecule has 1 fully saturated rings. The van der Waals surface area contributed by atoms with Gasteiger partial charge in [0.1, 0.15) is 0 Å². The fraction of sp³-hybridized carbons (Fsp3) is 0.571. The third kappa shape index (κ3) is 2.00. The van der Waals surface area contributed by atoms with Crippen LogP contribution < -0.4 is 15.8 Å². The monoisotopic (exact) mass is 231 g/mol. The van der Waals surface area contributed by atoms with Gasteiger partial charge in [0.15, 0.2) is 0 Å². The minimum Gasteiger partial charge on any atom is -0.371 e. The van der Waals surface area contributed by atoms with Gasteiger partial charge >= 0.3 is 0 Å². The Hall–Kier alpha value is -1.22. The van der Waals surface area contributed by atoms with Crippen LogP contribution in [0.1, 0.15) is 25.3 Å². The highest BCUT2D eigenvalue weighted by atomic mass is 15.4. The van der Waals surface area contributed by atoms with Gasteiger partial charge in [-0.1, -0.05) is 6.92 Å². The summed E-state index contributed by atoms with van der Waals surface area (Å²) >= 11 is 0. The molecule has 0 radical (unpaired) electrons. The van der Waals surface area contributed by atoms with Crippen molar-refractivity contribution in [3.63, 3.8) is 0 Å². The van der Waals surface area contributed by atoms with Crippen LogP contribution in [0.4, 0.5) is 11.4 Å². The molecule has 0 aromatic heterocycles. The number of nitrogens with two attached hydrogens (primary N) is 1. The molecule has 2 N–H and O–H groups in total. The molecule has 1 atom stereocenters. The van der Waals surface area contributed by atoms with Crippen molar-refractivity contribution < 1.29 is 0 Å². The average Bonchev–Trinajstić information content (AvgIpc) is 2.71. The Morgan fingerprint density at radius 3 is 3.00 bits per heavy atom. The number of anilines is 2. The summed E-state index contributed by atoms with van der Waals surface area (Å²) in [7, 11) is 0. The van der Waals surface area contributed by atoms with Crippen LogP contribution in [0.5, 0.6) is 0 Å². The first-order valence-electron chi connectivity index (χ1n) is 6.64. The van der Waals surface area contributed by atoms with E-state index in [1.807, 2.05) is 5.01 Å². The molecule has 17 heavy (non-hydrogen) atoms. The van der Waals surface area contributed by atoms with Crippen LogP contribution in [0.25, 0.3) is 0 Å². The molecule has 0 amide bonds. The maximum Gasteiger partial charge on any atom is 0.0551 e. The lowest BCUT2D eigenvalue weighted by molar-refractivity contribution is 0.447. The van der Waals surface area contributed by atoms with Crippen molar-refractivity contribution in [1.29, 1.82) is 0 Å². The fourth-order valence-corrected chi connectivity index (χ4v) is 3.03. The molecule has 3 heteroatoms. The van der Waals surface area contributed by atoms with Crippen molar-refractivity contribution in [2.75, 3.05) is 29.5 Å². The molecule has 3 nitrogen and oxygen atoms in total. The highest BCUT2D eigenvalue weighted by molar-refractivity contribution is 5.64. The van der Waals surface area contributed by atoms with Gasteiger partial charge in [0.05, 0.1) is 5.69 Å². The Bertz CT molecular complexity index is 416. The SMILES string of the molecule is CC1CCCN(c2ccc3c(c2)CCN3N)C1. The molecule has 0 saturated carbocycles. The Labute approximate surface area is 103 Å². The molecule has 2 aliphatic rings. The first-order chi connectivity index (χ1) is 8.24. The average molecular weight is 231 g/mol. The zero-order valence-corrected chi connectivity index (χ0v) is 10.5. The predicted molar refractivity (Wildman–Crippen MR) is 72.3 cm³/mol. The topological polar surface area (TPSA) is 32.5 Å². The summed E-state index contributed by atoms with van der Waals surface area (Å²) < 4.78 is 0. The molecule has 92 valence electrons. The zero-order chi connectivity index (χ0) is 11.8. The van der Waals surface area contributed by atoms with Crippen LogP contribution in [-0.2, 0) is 6.42 Å². The Kier molecular flexibility index (Phi) is 2.71. The van der Waals surface area contributed by atoms with E-state index in [0.717, 1.165) is 18.9 Å². The fourth-order valence-electron chi connectivity index (χ4n) is 3.03. The Morgan fingerprint density at radius 1 is 1.29 bits per heavy atom. The van der Waals surface area contributed by atoms with E-state index in [4.69, 9.17) is 5.84 Å². The molecule has 0 aliphatic carbocycles. The number of hydrazine groups is 1. The van der Waals surface area contributed by atoms with Crippen LogP contribution in [0.15, 0.2) is 18.2 Å². The zero-order valence-electron chi connectivity index (χ0n) is 10.5. The van der Waals surface area contributed by atoms with E-state index >= 15 is 0 Å². The summed E-state index contributed by atoms with van der Waals surface area (Å²) in [6.07, 6.45) is 3.78. The van der Waals surface area contributed by atoms with E-state index in [1.54, 1.807) is 0 Å². The molecule has 3 rings (SSSR count). The van der Waals surface area contributed by atoms with Crippen molar-refractivity contribution in [2.45, 2.75) is 26.2 Å². The Morgan fingerprint density at radius 2 is 2.18 bits per heavy atom. The van der Waals surface area contributed by atoms with Crippen molar-refractivity contribution in [2.24, 2.45) is 11.8 Å². The van der Waals surface area contributed by atoms with E-state index in [9.17, 15) is 0 Å². The first kappa shape index (κ1) is 10.9. The van der Waals surface area contributed by atoms with E-state index in [1.165, 1.54) is 42.9 Å². The second-order valence-corrected chi connectivity index (χ2v) is 5.45. The van der Waals surface area contributed by atoms with Crippen molar-refractivity contribution in [3.8, 4) is 0 Å². The van der Waals surface area contributed by atoms with Crippen LogP contribution in [0.2, 0.25) is 0 Å². The lowest BCUT2D eigenvalue weighted by Crippen LogP contribution is -2.34. The third-order valence-electron chi connectivity index (χ3n) is 4.02. The maximum absolute atomic E-state index is 5.92. The summed E-state index contributed by atoms with van der Waals surface area (Å²) in [4.78, 5) is 2.52. The van der Waals surface area contributed by atoms with Gasteiger partial charge in [-0.3, -0.25) is 0 Å². The largest absolute Gasteiger partial charge is 0.371 e. The van der Waals surface area contributed by atoms with Gasteiger partial charge in [-0.2, -0.15) is 0 Å². The summed E-state index contributed by atoms with van der Waals surface area (Å²) in [5.74, 6) is 6.74. The highest BCUT2D eigenvalue weighted by Crippen LogP contribution is 2.31. The number of hydrogen-bond donors (Lipinski definition) is 1. The Balaban J connectivity index is 1.84. The van der Waals surface area contributed by atoms with Crippen molar-refractivity contribution in [3.05, 3.63) is 23.8 Å². The normalized spacial score (nSPS) is 24.0. The van der Waals surface area contributed by atoms with Crippen molar-refractivity contribution in [1.82, 2.24) is 0 Å². The molecule has 0 bridgehead atoms. The quantitative estimate of drug-likeness (QED) is 0.752. The maximum atomic E-state index is 5.92. The summed E-state index contributed by atoms with van der Waals surface area (Å²) in [5, 5.41) is 1.86. The van der Waals surface area contributed by atoms with Gasteiger partial charge in [-0.15, -0.1) is 0 Å². The van der Waals surface area contributed by atoms with E-state index in [0.29, 0.717) is 0 Å². The minimum absolute atomic E-state index is 0.822. The van der Waals surface area contributed by atoms with Crippen LogP contribution >= 0.6 is 0 Å². The molecular weight excluding hydrogens is 210 g/mol. The second kappa shape index (κ2) is 4.22. The van der Waals surface area contributed by atoms with Gasteiger partial charge in [-0.25, -0.2) is 5.84 Å². The van der Waals surface area contributed by atoms with Crippen molar-refractivity contribution >= 4 is 11.4 Å². The number of piperidine rings is 1. The molecular formula is C14H21N3. The van der Waals surface area contributed by atoms with Crippen LogP contribution in [0, 0.1) is 5.92 Å². The molecule has 1 aromatic rings. The van der Waals surface area contributed by atoms with Crippen LogP contribution in [-0.4, -0.2) is 19.6 Å². The van der Waals surface area contributed by atoms with Gasteiger partial charge in [0.25, 0.3) is 0 Å². The number of fused-ring (bicyclic) bond motifs is 1. The molecule has 1 aromatic carbocycles. The smallest absolute Gasteiger partial charge is 0.0551 e. The lowest BCUT2D eigenvalue weighted by atomic mass is 9.99. The second-order valence-electron chi connectivity index (χ2n) is 5.45. The summed E-state index contributed by atoms with van der Waals surface area (Å²) in [5.41, 5.74) is 3.99. The van der Waals surface area contributed by atoms with E-state index < -0.39 is 0 Å². The number of hydrogen-bond acceptors (Lipinski definition) is 3. The van der Waals surface area contributed by atoms with Gasteiger partial charge in [0, 0.05) is 25.3 Å². The molecule has 2 aliphatic heterocycles. The summed E-state index contributed by atoms with van der Waals surface area (Å²) in [6, 6.07) is 6.74. The standard InChI is InChI=1S/C14H21N3/c1-11-3-2-7-16(10-11)13-4-5-14-12(9-13)6-8-17(14)15/h4-5,9,11H,2-3,6-8,10,15H2,1H3. The number of rotatable bonds is 1. The number of nitrogens with zero attached hydrogens (tertiary/aromatic N) is 2. The highest BCUT2D eigenvalue weighted by Gasteiger charge is 2.20.